The Bertz CT molecular complexity index is 425. The maximum absolute atomic E-state index is 12.2. The first-order chi connectivity index (χ1) is 8.08. The lowest BCUT2D eigenvalue weighted by molar-refractivity contribution is 0.0870. The predicted molar refractivity (Wildman–Crippen MR) is 69.7 cm³/mol. The minimum Gasteiger partial charge on any atom is -0.292 e. The van der Waals surface area contributed by atoms with Gasteiger partial charge in [-0.2, -0.15) is 0 Å². The van der Waals surface area contributed by atoms with Gasteiger partial charge in [-0.1, -0.05) is 43.0 Å². The van der Waals surface area contributed by atoms with Crippen LogP contribution in [0.2, 0.25) is 10.0 Å². The SMILES string of the molecule is CC1CCC(C(=O)c2ncc(Cl)cc2Cl)CC1. The monoisotopic (exact) mass is 271 g/mol. The largest absolute Gasteiger partial charge is 0.292 e. The lowest BCUT2D eigenvalue weighted by Crippen LogP contribution is -2.22. The number of halogens is 2. The first-order valence-electron chi connectivity index (χ1n) is 5.93. The van der Waals surface area contributed by atoms with E-state index in [1.807, 2.05) is 0 Å². The summed E-state index contributed by atoms with van der Waals surface area (Å²) in [7, 11) is 0. The highest BCUT2D eigenvalue weighted by Crippen LogP contribution is 2.32. The molecule has 0 aliphatic heterocycles. The van der Waals surface area contributed by atoms with Crippen molar-refractivity contribution in [1.29, 1.82) is 0 Å². The Morgan fingerprint density at radius 2 is 1.94 bits per heavy atom. The van der Waals surface area contributed by atoms with Crippen LogP contribution in [0.1, 0.15) is 43.1 Å². The second-order valence-electron chi connectivity index (χ2n) is 4.81. The first kappa shape index (κ1) is 12.8. The minimum atomic E-state index is 0.0681. The third kappa shape index (κ3) is 2.99. The normalized spacial score (nSPS) is 24.6. The fourth-order valence-corrected chi connectivity index (χ4v) is 2.78. The number of carbonyl (C=O) groups excluding carboxylic acids is 1. The average Bonchev–Trinajstić information content (AvgIpc) is 2.29. The molecule has 1 aliphatic rings. The molecular weight excluding hydrogens is 257 g/mol. The lowest BCUT2D eigenvalue weighted by atomic mass is 9.80. The van der Waals surface area contributed by atoms with E-state index < -0.39 is 0 Å². The van der Waals surface area contributed by atoms with E-state index in [0.717, 1.165) is 31.6 Å². The average molecular weight is 272 g/mol. The summed E-state index contributed by atoms with van der Waals surface area (Å²) in [5, 5.41) is 0.824. The van der Waals surface area contributed by atoms with Gasteiger partial charge in [-0.05, 0) is 24.8 Å². The van der Waals surface area contributed by atoms with Crippen LogP contribution in [0, 0.1) is 11.8 Å². The van der Waals surface area contributed by atoms with Gasteiger partial charge in [-0.15, -0.1) is 0 Å². The number of ketones is 1. The van der Waals surface area contributed by atoms with Crippen molar-refractivity contribution in [2.45, 2.75) is 32.6 Å². The maximum atomic E-state index is 12.2. The molecule has 1 fully saturated rings. The molecule has 17 heavy (non-hydrogen) atoms. The maximum Gasteiger partial charge on any atom is 0.185 e. The second kappa shape index (κ2) is 5.36. The number of pyridine rings is 1. The van der Waals surface area contributed by atoms with Crippen molar-refractivity contribution in [3.8, 4) is 0 Å². The number of aromatic nitrogens is 1. The number of nitrogens with zero attached hydrogens (tertiary/aromatic N) is 1. The molecule has 0 amide bonds. The zero-order chi connectivity index (χ0) is 12.4. The summed E-state index contributed by atoms with van der Waals surface area (Å²) in [5.41, 5.74) is 0.371. The van der Waals surface area contributed by atoms with Crippen molar-refractivity contribution < 1.29 is 4.79 Å². The van der Waals surface area contributed by atoms with Crippen LogP contribution in [0.15, 0.2) is 12.3 Å². The topological polar surface area (TPSA) is 30.0 Å². The number of hydrogen-bond donors (Lipinski definition) is 0. The molecule has 0 aromatic carbocycles. The standard InChI is InChI=1S/C13H15Cl2NO/c1-8-2-4-9(5-3-8)13(17)12-11(15)6-10(14)7-16-12/h6-9H,2-5H2,1H3. The first-order valence-corrected chi connectivity index (χ1v) is 6.68. The fraction of sp³-hybridized carbons (Fsp3) is 0.538. The zero-order valence-corrected chi connectivity index (χ0v) is 11.3. The van der Waals surface area contributed by atoms with Crippen LogP contribution in [-0.4, -0.2) is 10.8 Å². The molecule has 1 aromatic rings. The molecule has 0 N–H and O–H groups in total. The molecule has 0 saturated heterocycles. The van der Waals surface area contributed by atoms with E-state index in [2.05, 4.69) is 11.9 Å². The van der Waals surface area contributed by atoms with Gasteiger partial charge < -0.3 is 0 Å². The molecule has 0 bridgehead atoms. The van der Waals surface area contributed by atoms with Crippen LogP contribution >= 0.6 is 23.2 Å². The summed E-state index contributed by atoms with van der Waals surface area (Å²) in [4.78, 5) is 16.3. The Balaban J connectivity index is 2.14. The minimum absolute atomic E-state index is 0.0681. The summed E-state index contributed by atoms with van der Waals surface area (Å²) < 4.78 is 0. The van der Waals surface area contributed by atoms with Crippen LogP contribution in [0.25, 0.3) is 0 Å². The third-order valence-electron chi connectivity index (χ3n) is 3.43. The number of carbonyl (C=O) groups is 1. The molecule has 2 rings (SSSR count). The van der Waals surface area contributed by atoms with Crippen LogP contribution in [0.3, 0.4) is 0 Å². The molecule has 1 aliphatic carbocycles. The van der Waals surface area contributed by atoms with E-state index in [0.29, 0.717) is 15.7 Å². The van der Waals surface area contributed by atoms with Gasteiger partial charge in [0.1, 0.15) is 5.69 Å². The highest BCUT2D eigenvalue weighted by atomic mass is 35.5. The van der Waals surface area contributed by atoms with Crippen molar-refractivity contribution in [2.75, 3.05) is 0 Å². The molecule has 0 radical (unpaired) electrons. The molecule has 92 valence electrons. The van der Waals surface area contributed by atoms with Crippen molar-refractivity contribution >= 4 is 29.0 Å². The Labute approximate surface area is 111 Å². The smallest absolute Gasteiger partial charge is 0.185 e. The summed E-state index contributed by atoms with van der Waals surface area (Å²) in [5.74, 6) is 0.878. The molecule has 4 heteroatoms. The predicted octanol–water partition coefficient (Wildman–Crippen LogP) is 4.40. The number of Topliss-reactive ketones (excluding diaryl/α,β-unsaturated/α-hetero) is 1. The summed E-state index contributed by atoms with van der Waals surface area (Å²) >= 11 is 11.8. The Hall–Kier alpha value is -0.600. The Morgan fingerprint density at radius 3 is 2.53 bits per heavy atom. The lowest BCUT2D eigenvalue weighted by Gasteiger charge is -2.24. The van der Waals surface area contributed by atoms with E-state index in [9.17, 15) is 4.79 Å². The Morgan fingerprint density at radius 1 is 1.29 bits per heavy atom. The highest BCUT2D eigenvalue weighted by Gasteiger charge is 2.27. The Kier molecular flexibility index (Phi) is 4.05. The molecule has 0 unspecified atom stereocenters. The summed E-state index contributed by atoms with van der Waals surface area (Å²) in [6.45, 7) is 2.23. The van der Waals surface area contributed by atoms with E-state index in [1.54, 1.807) is 6.07 Å². The molecule has 1 aromatic heterocycles. The van der Waals surface area contributed by atoms with E-state index in [-0.39, 0.29) is 11.7 Å². The van der Waals surface area contributed by atoms with Gasteiger partial charge in [0.05, 0.1) is 10.0 Å². The molecular formula is C13H15Cl2NO. The van der Waals surface area contributed by atoms with Gasteiger partial charge in [-0.3, -0.25) is 4.79 Å². The van der Waals surface area contributed by atoms with Gasteiger partial charge >= 0.3 is 0 Å². The van der Waals surface area contributed by atoms with Gasteiger partial charge in [0.2, 0.25) is 0 Å². The number of hydrogen-bond acceptors (Lipinski definition) is 2. The van der Waals surface area contributed by atoms with Crippen LogP contribution < -0.4 is 0 Å². The zero-order valence-electron chi connectivity index (χ0n) is 9.75. The third-order valence-corrected chi connectivity index (χ3v) is 3.92. The van der Waals surface area contributed by atoms with Gasteiger partial charge in [0, 0.05) is 12.1 Å². The van der Waals surface area contributed by atoms with Crippen molar-refractivity contribution in [1.82, 2.24) is 4.98 Å². The molecule has 0 spiro atoms. The second-order valence-corrected chi connectivity index (χ2v) is 5.65. The highest BCUT2D eigenvalue weighted by molar-refractivity contribution is 6.36. The summed E-state index contributed by atoms with van der Waals surface area (Å²) in [6, 6.07) is 1.58. The van der Waals surface area contributed by atoms with Gasteiger partial charge in [-0.25, -0.2) is 4.98 Å². The van der Waals surface area contributed by atoms with Gasteiger partial charge in [0.25, 0.3) is 0 Å². The molecule has 2 nitrogen and oxygen atoms in total. The van der Waals surface area contributed by atoms with Crippen LogP contribution in [0.4, 0.5) is 0 Å². The van der Waals surface area contributed by atoms with E-state index >= 15 is 0 Å². The number of rotatable bonds is 2. The van der Waals surface area contributed by atoms with Gasteiger partial charge in [0.15, 0.2) is 5.78 Å². The van der Waals surface area contributed by atoms with Crippen LogP contribution in [-0.2, 0) is 0 Å². The molecule has 1 saturated carbocycles. The fourth-order valence-electron chi connectivity index (χ4n) is 2.31. The van der Waals surface area contributed by atoms with Crippen LogP contribution in [0.5, 0.6) is 0 Å². The van der Waals surface area contributed by atoms with Crippen molar-refractivity contribution in [3.05, 3.63) is 28.0 Å². The quantitative estimate of drug-likeness (QED) is 0.747. The van der Waals surface area contributed by atoms with E-state index in [4.69, 9.17) is 23.2 Å². The van der Waals surface area contributed by atoms with Crippen molar-refractivity contribution in [2.24, 2.45) is 11.8 Å². The molecule has 0 atom stereocenters. The van der Waals surface area contributed by atoms with E-state index in [1.165, 1.54) is 6.20 Å². The summed E-state index contributed by atoms with van der Waals surface area (Å²) in [6.07, 6.45) is 5.59. The van der Waals surface area contributed by atoms with Crippen molar-refractivity contribution in [3.63, 3.8) is 0 Å². The molecule has 1 heterocycles.